The van der Waals surface area contributed by atoms with Crippen molar-refractivity contribution in [3.63, 3.8) is 0 Å². The number of aryl methyl sites for hydroxylation is 2. The Balaban J connectivity index is 2.20. The van der Waals surface area contributed by atoms with Crippen LogP contribution < -0.4 is 11.1 Å². The Morgan fingerprint density at radius 3 is 2.84 bits per heavy atom. The number of benzene rings is 1. The van der Waals surface area contributed by atoms with E-state index in [4.69, 9.17) is 10.5 Å². The molecule has 0 aromatic heterocycles. The molecule has 0 saturated heterocycles. The molecule has 1 atom stereocenters. The second-order valence-electron chi connectivity index (χ2n) is 4.78. The average Bonchev–Trinajstić information content (AvgIpc) is 2.38. The molecule has 0 aliphatic heterocycles. The van der Waals surface area contributed by atoms with Gasteiger partial charge < -0.3 is 15.8 Å². The van der Waals surface area contributed by atoms with Gasteiger partial charge in [0, 0.05) is 26.1 Å². The zero-order chi connectivity index (χ0) is 14.1. The molecule has 0 aliphatic carbocycles. The van der Waals surface area contributed by atoms with Crippen molar-refractivity contribution in [2.24, 2.45) is 5.73 Å². The maximum atomic E-state index is 11.7. The van der Waals surface area contributed by atoms with E-state index in [0.717, 1.165) is 12.8 Å². The van der Waals surface area contributed by atoms with E-state index >= 15 is 0 Å². The van der Waals surface area contributed by atoms with Gasteiger partial charge in [0.2, 0.25) is 5.91 Å². The number of carbonyl (C=O) groups excluding carboxylic acids is 1. The predicted octanol–water partition coefficient (Wildman–Crippen LogP) is 1.41. The van der Waals surface area contributed by atoms with E-state index in [1.807, 2.05) is 12.1 Å². The molecule has 0 aliphatic rings. The number of amides is 1. The highest BCUT2D eigenvalue weighted by molar-refractivity contribution is 5.76. The molecule has 1 rings (SSSR count). The number of rotatable bonds is 8. The standard InChI is InChI=1S/C15H24N2O2/c1-12-5-3-4-6-13(12)7-8-15(18)17-10-9-14(16)11-19-2/h3-6,14H,7-11,16H2,1-2H3,(H,17,18). The molecule has 19 heavy (non-hydrogen) atoms. The second kappa shape index (κ2) is 8.67. The Morgan fingerprint density at radius 2 is 2.16 bits per heavy atom. The molecule has 0 radical (unpaired) electrons. The molecular formula is C15H24N2O2. The van der Waals surface area contributed by atoms with E-state index in [1.165, 1.54) is 11.1 Å². The molecule has 1 aromatic rings. The maximum absolute atomic E-state index is 11.7. The number of methoxy groups -OCH3 is 1. The van der Waals surface area contributed by atoms with Crippen molar-refractivity contribution in [1.29, 1.82) is 0 Å². The van der Waals surface area contributed by atoms with Crippen LogP contribution >= 0.6 is 0 Å². The smallest absolute Gasteiger partial charge is 0.220 e. The van der Waals surface area contributed by atoms with Crippen LogP contribution in [0.5, 0.6) is 0 Å². The lowest BCUT2D eigenvalue weighted by molar-refractivity contribution is -0.121. The van der Waals surface area contributed by atoms with Crippen molar-refractivity contribution < 1.29 is 9.53 Å². The first-order chi connectivity index (χ1) is 9.13. The van der Waals surface area contributed by atoms with Gasteiger partial charge in [0.25, 0.3) is 0 Å². The van der Waals surface area contributed by atoms with Gasteiger partial charge >= 0.3 is 0 Å². The number of nitrogens with two attached hydrogens (primary N) is 1. The summed E-state index contributed by atoms with van der Waals surface area (Å²) in [7, 11) is 1.63. The maximum Gasteiger partial charge on any atom is 0.220 e. The number of nitrogens with one attached hydrogen (secondary N) is 1. The zero-order valence-electron chi connectivity index (χ0n) is 11.8. The fraction of sp³-hybridized carbons (Fsp3) is 0.533. The van der Waals surface area contributed by atoms with E-state index in [-0.39, 0.29) is 11.9 Å². The molecule has 0 fully saturated rings. The van der Waals surface area contributed by atoms with Gasteiger partial charge in [0.1, 0.15) is 0 Å². The van der Waals surface area contributed by atoms with E-state index < -0.39 is 0 Å². The average molecular weight is 264 g/mol. The van der Waals surface area contributed by atoms with Gasteiger partial charge in [-0.1, -0.05) is 24.3 Å². The van der Waals surface area contributed by atoms with Gasteiger partial charge in [-0.3, -0.25) is 4.79 Å². The van der Waals surface area contributed by atoms with Crippen molar-refractivity contribution in [3.05, 3.63) is 35.4 Å². The summed E-state index contributed by atoms with van der Waals surface area (Å²) in [5, 5.41) is 2.89. The third-order valence-corrected chi connectivity index (χ3v) is 3.10. The van der Waals surface area contributed by atoms with Crippen molar-refractivity contribution in [2.45, 2.75) is 32.2 Å². The summed E-state index contributed by atoms with van der Waals surface area (Å²) in [5.74, 6) is 0.0767. The van der Waals surface area contributed by atoms with Crippen LogP contribution in [0.1, 0.15) is 24.0 Å². The third-order valence-electron chi connectivity index (χ3n) is 3.10. The van der Waals surface area contributed by atoms with Crippen LogP contribution in [0.3, 0.4) is 0 Å². The van der Waals surface area contributed by atoms with Crippen molar-refractivity contribution >= 4 is 5.91 Å². The molecule has 0 spiro atoms. The first-order valence-corrected chi connectivity index (χ1v) is 6.69. The first kappa shape index (κ1) is 15.7. The molecule has 1 amide bonds. The Morgan fingerprint density at radius 1 is 1.42 bits per heavy atom. The summed E-state index contributed by atoms with van der Waals surface area (Å²) >= 11 is 0. The van der Waals surface area contributed by atoms with Gasteiger partial charge in [-0.2, -0.15) is 0 Å². The highest BCUT2D eigenvalue weighted by Crippen LogP contribution is 2.09. The number of hydrogen-bond acceptors (Lipinski definition) is 3. The number of hydrogen-bond donors (Lipinski definition) is 2. The molecule has 1 aromatic carbocycles. The van der Waals surface area contributed by atoms with Crippen molar-refractivity contribution in [3.8, 4) is 0 Å². The van der Waals surface area contributed by atoms with Crippen LogP contribution in [-0.2, 0) is 16.0 Å². The Labute approximate surface area is 115 Å². The van der Waals surface area contributed by atoms with Gasteiger partial charge in [0.15, 0.2) is 0 Å². The Kier molecular flexibility index (Phi) is 7.15. The molecule has 0 bridgehead atoms. The minimum absolute atomic E-state index is 0.0123. The van der Waals surface area contributed by atoms with Crippen molar-refractivity contribution in [2.75, 3.05) is 20.3 Å². The van der Waals surface area contributed by atoms with Crippen LogP contribution in [0.15, 0.2) is 24.3 Å². The first-order valence-electron chi connectivity index (χ1n) is 6.69. The third kappa shape index (κ3) is 6.36. The van der Waals surface area contributed by atoms with E-state index in [1.54, 1.807) is 7.11 Å². The molecule has 1 unspecified atom stereocenters. The fourth-order valence-corrected chi connectivity index (χ4v) is 1.92. The van der Waals surface area contributed by atoms with E-state index in [2.05, 4.69) is 24.4 Å². The molecular weight excluding hydrogens is 240 g/mol. The van der Waals surface area contributed by atoms with E-state index in [0.29, 0.717) is 19.6 Å². The second-order valence-corrected chi connectivity index (χ2v) is 4.78. The summed E-state index contributed by atoms with van der Waals surface area (Å²) in [6, 6.07) is 8.13. The van der Waals surface area contributed by atoms with Gasteiger partial charge in [-0.15, -0.1) is 0 Å². The zero-order valence-corrected chi connectivity index (χ0v) is 11.8. The molecule has 4 heteroatoms. The van der Waals surface area contributed by atoms with Gasteiger partial charge in [0.05, 0.1) is 6.61 Å². The van der Waals surface area contributed by atoms with Crippen LogP contribution in [-0.4, -0.2) is 32.2 Å². The SMILES string of the molecule is COCC(N)CCNC(=O)CCc1ccccc1C. The topological polar surface area (TPSA) is 64.3 Å². The summed E-state index contributed by atoms with van der Waals surface area (Å²) in [6.07, 6.45) is 2.04. The van der Waals surface area contributed by atoms with Crippen LogP contribution in [0, 0.1) is 6.92 Å². The molecule has 0 saturated carbocycles. The minimum Gasteiger partial charge on any atom is -0.383 e. The van der Waals surface area contributed by atoms with Crippen LogP contribution in [0.4, 0.5) is 0 Å². The minimum atomic E-state index is -0.0123. The summed E-state index contributed by atoms with van der Waals surface area (Å²) in [4.78, 5) is 11.7. The lowest BCUT2D eigenvalue weighted by atomic mass is 10.0. The molecule has 106 valence electrons. The number of carbonyl (C=O) groups is 1. The lowest BCUT2D eigenvalue weighted by Crippen LogP contribution is -2.32. The highest BCUT2D eigenvalue weighted by Gasteiger charge is 2.05. The fourth-order valence-electron chi connectivity index (χ4n) is 1.92. The normalized spacial score (nSPS) is 12.2. The molecule has 0 heterocycles. The van der Waals surface area contributed by atoms with Crippen LogP contribution in [0.25, 0.3) is 0 Å². The summed E-state index contributed by atoms with van der Waals surface area (Å²) in [5.41, 5.74) is 8.24. The number of ether oxygens (including phenoxy) is 1. The Bertz CT molecular complexity index is 393. The quantitative estimate of drug-likeness (QED) is 0.746. The predicted molar refractivity (Wildman–Crippen MR) is 77.0 cm³/mol. The molecule has 3 N–H and O–H groups in total. The van der Waals surface area contributed by atoms with Crippen LogP contribution in [0.2, 0.25) is 0 Å². The van der Waals surface area contributed by atoms with E-state index in [9.17, 15) is 4.79 Å². The summed E-state index contributed by atoms with van der Waals surface area (Å²) < 4.78 is 4.94. The summed E-state index contributed by atoms with van der Waals surface area (Å²) in [6.45, 7) is 3.20. The lowest BCUT2D eigenvalue weighted by Gasteiger charge is -2.11. The van der Waals surface area contributed by atoms with Gasteiger partial charge in [-0.25, -0.2) is 0 Å². The Hall–Kier alpha value is -1.39. The molecule has 4 nitrogen and oxygen atoms in total. The van der Waals surface area contributed by atoms with Crippen molar-refractivity contribution in [1.82, 2.24) is 5.32 Å². The van der Waals surface area contributed by atoms with Gasteiger partial charge in [-0.05, 0) is 30.9 Å². The highest BCUT2D eigenvalue weighted by atomic mass is 16.5. The largest absolute Gasteiger partial charge is 0.383 e. The monoisotopic (exact) mass is 264 g/mol.